The molecule has 106 valence electrons. The molecular formula is C14H20BrClN2O. The summed E-state index contributed by atoms with van der Waals surface area (Å²) in [7, 11) is 0. The predicted octanol–water partition coefficient (Wildman–Crippen LogP) is 3.21. The third-order valence-electron chi connectivity index (χ3n) is 3.47. The SMILES string of the molecule is CC1CN(C(CN)c2ccc(Br)cc2Cl)CCCO1. The fourth-order valence-corrected chi connectivity index (χ4v) is 3.35. The zero-order valence-corrected chi connectivity index (χ0v) is 13.5. The molecule has 1 aliphatic rings. The molecule has 0 spiro atoms. The molecule has 1 heterocycles. The van der Waals surface area contributed by atoms with Gasteiger partial charge >= 0.3 is 0 Å². The molecule has 2 N–H and O–H groups in total. The Kier molecular flexibility index (Phi) is 5.66. The first-order valence-corrected chi connectivity index (χ1v) is 7.79. The van der Waals surface area contributed by atoms with Crippen molar-refractivity contribution >= 4 is 27.5 Å². The second kappa shape index (κ2) is 7.04. The Morgan fingerprint density at radius 3 is 3.05 bits per heavy atom. The Bertz CT molecular complexity index is 430. The van der Waals surface area contributed by atoms with Crippen LogP contribution in [-0.2, 0) is 4.74 Å². The Morgan fingerprint density at radius 2 is 2.37 bits per heavy atom. The zero-order valence-electron chi connectivity index (χ0n) is 11.1. The van der Waals surface area contributed by atoms with E-state index < -0.39 is 0 Å². The Morgan fingerprint density at radius 1 is 1.58 bits per heavy atom. The van der Waals surface area contributed by atoms with Gasteiger partial charge in [-0.25, -0.2) is 0 Å². The van der Waals surface area contributed by atoms with E-state index >= 15 is 0 Å². The van der Waals surface area contributed by atoms with Gasteiger partial charge in [-0.15, -0.1) is 0 Å². The van der Waals surface area contributed by atoms with E-state index in [1.807, 2.05) is 12.1 Å². The van der Waals surface area contributed by atoms with Crippen LogP contribution in [0.5, 0.6) is 0 Å². The first-order chi connectivity index (χ1) is 9.11. The number of rotatable bonds is 3. The van der Waals surface area contributed by atoms with E-state index in [0.29, 0.717) is 6.54 Å². The molecule has 2 atom stereocenters. The van der Waals surface area contributed by atoms with E-state index in [4.69, 9.17) is 22.1 Å². The van der Waals surface area contributed by atoms with Crippen LogP contribution in [0.25, 0.3) is 0 Å². The highest BCUT2D eigenvalue weighted by Crippen LogP contribution is 2.30. The molecule has 5 heteroatoms. The Labute approximate surface area is 128 Å². The van der Waals surface area contributed by atoms with Crippen LogP contribution in [0.15, 0.2) is 22.7 Å². The van der Waals surface area contributed by atoms with E-state index in [-0.39, 0.29) is 12.1 Å². The van der Waals surface area contributed by atoms with Crippen LogP contribution < -0.4 is 5.73 Å². The van der Waals surface area contributed by atoms with E-state index in [9.17, 15) is 0 Å². The molecule has 0 aliphatic carbocycles. The number of nitrogens with two attached hydrogens (primary N) is 1. The molecule has 0 aromatic heterocycles. The molecule has 2 rings (SSSR count). The van der Waals surface area contributed by atoms with Crippen molar-refractivity contribution in [3.05, 3.63) is 33.3 Å². The average molecular weight is 348 g/mol. The minimum Gasteiger partial charge on any atom is -0.377 e. The standard InChI is InChI=1S/C14H20BrClN2O/c1-10-9-18(5-2-6-19-10)14(8-17)12-4-3-11(15)7-13(12)16/h3-4,7,10,14H,2,5-6,8-9,17H2,1H3. The number of hydrogen-bond acceptors (Lipinski definition) is 3. The van der Waals surface area contributed by atoms with Crippen molar-refractivity contribution in [3.8, 4) is 0 Å². The third-order valence-corrected chi connectivity index (χ3v) is 4.29. The molecule has 1 saturated heterocycles. The van der Waals surface area contributed by atoms with Crippen molar-refractivity contribution in [2.75, 3.05) is 26.2 Å². The van der Waals surface area contributed by atoms with Gasteiger partial charge in [0.2, 0.25) is 0 Å². The number of hydrogen-bond donors (Lipinski definition) is 1. The number of halogens is 2. The molecule has 0 bridgehead atoms. The van der Waals surface area contributed by atoms with Crippen molar-refractivity contribution in [2.24, 2.45) is 5.73 Å². The average Bonchev–Trinajstić information content (AvgIpc) is 2.58. The van der Waals surface area contributed by atoms with Gasteiger partial charge in [-0.1, -0.05) is 33.6 Å². The highest BCUT2D eigenvalue weighted by molar-refractivity contribution is 9.10. The molecule has 19 heavy (non-hydrogen) atoms. The lowest BCUT2D eigenvalue weighted by Crippen LogP contribution is -2.37. The maximum absolute atomic E-state index is 6.36. The highest BCUT2D eigenvalue weighted by Gasteiger charge is 2.24. The van der Waals surface area contributed by atoms with Gasteiger partial charge in [0.05, 0.1) is 6.10 Å². The van der Waals surface area contributed by atoms with Crippen LogP contribution in [0.1, 0.15) is 24.9 Å². The van der Waals surface area contributed by atoms with Gasteiger partial charge in [0.1, 0.15) is 0 Å². The van der Waals surface area contributed by atoms with Gasteiger partial charge in [-0.3, -0.25) is 4.90 Å². The minimum absolute atomic E-state index is 0.157. The van der Waals surface area contributed by atoms with E-state index in [0.717, 1.165) is 41.2 Å². The van der Waals surface area contributed by atoms with Gasteiger partial charge in [-0.05, 0) is 31.0 Å². The lowest BCUT2D eigenvalue weighted by molar-refractivity contribution is 0.0612. The molecule has 1 fully saturated rings. The van der Waals surface area contributed by atoms with Crippen molar-refractivity contribution in [1.29, 1.82) is 0 Å². The van der Waals surface area contributed by atoms with Gasteiger partial charge in [0, 0.05) is 41.8 Å². The molecule has 0 amide bonds. The smallest absolute Gasteiger partial charge is 0.0674 e. The summed E-state index contributed by atoms with van der Waals surface area (Å²) >= 11 is 9.79. The number of ether oxygens (including phenoxy) is 1. The Balaban J connectivity index is 2.22. The number of benzene rings is 1. The lowest BCUT2D eigenvalue weighted by atomic mass is 10.0. The summed E-state index contributed by atoms with van der Waals surface area (Å²) in [5.41, 5.74) is 7.08. The zero-order chi connectivity index (χ0) is 13.8. The molecular weight excluding hydrogens is 328 g/mol. The van der Waals surface area contributed by atoms with Gasteiger partial charge in [0.15, 0.2) is 0 Å². The molecule has 1 aromatic carbocycles. The maximum Gasteiger partial charge on any atom is 0.0674 e. The lowest BCUT2D eigenvalue weighted by Gasteiger charge is -2.31. The van der Waals surface area contributed by atoms with Crippen LogP contribution in [-0.4, -0.2) is 37.2 Å². The van der Waals surface area contributed by atoms with Crippen LogP contribution in [0.2, 0.25) is 5.02 Å². The van der Waals surface area contributed by atoms with Crippen molar-refractivity contribution < 1.29 is 4.74 Å². The predicted molar refractivity (Wildman–Crippen MR) is 82.6 cm³/mol. The molecule has 0 radical (unpaired) electrons. The number of nitrogens with zero attached hydrogens (tertiary/aromatic N) is 1. The summed E-state index contributed by atoms with van der Waals surface area (Å²) in [5, 5.41) is 0.766. The fraction of sp³-hybridized carbons (Fsp3) is 0.571. The van der Waals surface area contributed by atoms with Crippen LogP contribution in [0, 0.1) is 0 Å². The van der Waals surface area contributed by atoms with Crippen molar-refractivity contribution in [1.82, 2.24) is 4.90 Å². The summed E-state index contributed by atoms with van der Waals surface area (Å²) < 4.78 is 6.68. The first-order valence-electron chi connectivity index (χ1n) is 6.62. The van der Waals surface area contributed by atoms with E-state index in [2.05, 4.69) is 33.8 Å². The molecule has 2 unspecified atom stereocenters. The summed E-state index contributed by atoms with van der Waals surface area (Å²) in [6.07, 6.45) is 1.28. The molecule has 1 aliphatic heterocycles. The van der Waals surface area contributed by atoms with Crippen molar-refractivity contribution in [3.63, 3.8) is 0 Å². The first kappa shape index (κ1) is 15.3. The maximum atomic E-state index is 6.36. The second-order valence-corrected chi connectivity index (χ2v) is 6.27. The van der Waals surface area contributed by atoms with Crippen LogP contribution in [0.4, 0.5) is 0 Å². The van der Waals surface area contributed by atoms with Crippen LogP contribution >= 0.6 is 27.5 Å². The van der Waals surface area contributed by atoms with E-state index in [1.54, 1.807) is 0 Å². The van der Waals surface area contributed by atoms with Gasteiger partial charge < -0.3 is 10.5 Å². The summed E-state index contributed by atoms with van der Waals surface area (Å²) in [6, 6.07) is 6.16. The largest absolute Gasteiger partial charge is 0.377 e. The Hall–Kier alpha value is -0.130. The third kappa shape index (κ3) is 3.92. The molecule has 1 aromatic rings. The normalized spacial score (nSPS) is 23.1. The topological polar surface area (TPSA) is 38.5 Å². The van der Waals surface area contributed by atoms with E-state index in [1.165, 1.54) is 0 Å². The summed E-state index contributed by atoms with van der Waals surface area (Å²) in [6.45, 7) is 5.39. The minimum atomic E-state index is 0.157. The fourth-order valence-electron chi connectivity index (χ4n) is 2.55. The van der Waals surface area contributed by atoms with Gasteiger partial charge in [-0.2, -0.15) is 0 Å². The molecule has 3 nitrogen and oxygen atoms in total. The van der Waals surface area contributed by atoms with Crippen LogP contribution in [0.3, 0.4) is 0 Å². The summed E-state index contributed by atoms with van der Waals surface area (Å²) in [5.74, 6) is 0. The van der Waals surface area contributed by atoms with Gasteiger partial charge in [0.25, 0.3) is 0 Å². The quantitative estimate of drug-likeness (QED) is 0.912. The highest BCUT2D eigenvalue weighted by atomic mass is 79.9. The van der Waals surface area contributed by atoms with Crippen molar-refractivity contribution in [2.45, 2.75) is 25.5 Å². The summed E-state index contributed by atoms with van der Waals surface area (Å²) in [4.78, 5) is 2.38. The monoisotopic (exact) mass is 346 g/mol. The second-order valence-electron chi connectivity index (χ2n) is 4.95. The molecule has 0 saturated carbocycles.